The van der Waals surface area contributed by atoms with Gasteiger partial charge in [-0.3, -0.25) is 0 Å². The molecule has 1 nitrogen and oxygen atoms in total. The standard InChI is InChI=1S/C9H12O/c1-4-7-8(5-2)9(10)6-3/h4,6,9-10H,1-3,7H2/t9-/m0/s1. The van der Waals surface area contributed by atoms with Gasteiger partial charge >= 0.3 is 0 Å². The highest BCUT2D eigenvalue weighted by molar-refractivity contribution is 5.14. The second-order valence-corrected chi connectivity index (χ2v) is 1.88. The Morgan fingerprint density at radius 2 is 2.20 bits per heavy atom. The van der Waals surface area contributed by atoms with Gasteiger partial charge in [0.05, 0.1) is 0 Å². The molecule has 0 rings (SSSR count). The van der Waals surface area contributed by atoms with Gasteiger partial charge in [-0.15, -0.1) is 18.9 Å². The van der Waals surface area contributed by atoms with E-state index in [9.17, 15) is 0 Å². The topological polar surface area (TPSA) is 20.2 Å². The Labute approximate surface area is 61.7 Å². The molecule has 0 saturated heterocycles. The summed E-state index contributed by atoms with van der Waals surface area (Å²) in [5, 5.41) is 9.14. The Morgan fingerprint density at radius 1 is 1.60 bits per heavy atom. The fraction of sp³-hybridized carbons (Fsp3) is 0.222. The summed E-state index contributed by atoms with van der Waals surface area (Å²) in [6.07, 6.45) is 3.11. The van der Waals surface area contributed by atoms with E-state index in [4.69, 9.17) is 5.11 Å². The zero-order valence-electron chi connectivity index (χ0n) is 6.01. The van der Waals surface area contributed by atoms with E-state index in [-0.39, 0.29) is 0 Å². The molecule has 0 aliphatic heterocycles. The number of hydrogen-bond acceptors (Lipinski definition) is 1. The van der Waals surface area contributed by atoms with Gasteiger partial charge in [-0.1, -0.05) is 18.7 Å². The molecule has 0 aromatic rings. The summed E-state index contributed by atoms with van der Waals surface area (Å²) in [6.45, 7) is 10.4. The van der Waals surface area contributed by atoms with E-state index in [0.29, 0.717) is 12.0 Å². The normalized spacial score (nSPS) is 11.3. The van der Waals surface area contributed by atoms with Crippen LogP contribution in [-0.2, 0) is 0 Å². The van der Waals surface area contributed by atoms with Gasteiger partial charge in [-0.2, -0.15) is 0 Å². The van der Waals surface area contributed by atoms with Crippen molar-refractivity contribution in [2.75, 3.05) is 0 Å². The van der Waals surface area contributed by atoms with Gasteiger partial charge in [0.2, 0.25) is 0 Å². The number of aliphatic hydroxyl groups excluding tert-OH is 1. The quantitative estimate of drug-likeness (QED) is 0.461. The first-order chi connectivity index (χ1) is 4.76. The van der Waals surface area contributed by atoms with Crippen molar-refractivity contribution in [2.45, 2.75) is 12.5 Å². The van der Waals surface area contributed by atoms with Gasteiger partial charge < -0.3 is 5.11 Å². The average molecular weight is 136 g/mol. The van der Waals surface area contributed by atoms with Crippen LogP contribution in [0.1, 0.15) is 6.42 Å². The van der Waals surface area contributed by atoms with Crippen molar-refractivity contribution < 1.29 is 5.11 Å². The van der Waals surface area contributed by atoms with Crippen LogP contribution in [0.2, 0.25) is 0 Å². The lowest BCUT2D eigenvalue weighted by Crippen LogP contribution is -2.03. The minimum atomic E-state index is -0.629. The van der Waals surface area contributed by atoms with Crippen molar-refractivity contribution in [1.29, 1.82) is 0 Å². The highest BCUT2D eigenvalue weighted by Crippen LogP contribution is 2.06. The van der Waals surface area contributed by atoms with Crippen molar-refractivity contribution in [3.63, 3.8) is 0 Å². The maximum Gasteiger partial charge on any atom is 0.101 e. The Bertz CT molecular complexity index is 173. The van der Waals surface area contributed by atoms with Crippen molar-refractivity contribution in [3.05, 3.63) is 43.2 Å². The third-order valence-corrected chi connectivity index (χ3v) is 1.17. The van der Waals surface area contributed by atoms with Gasteiger partial charge in [0.15, 0.2) is 0 Å². The molecule has 1 atom stereocenters. The molecule has 0 spiro atoms. The third-order valence-electron chi connectivity index (χ3n) is 1.17. The molecule has 0 saturated carbocycles. The first kappa shape index (κ1) is 8.96. The minimum Gasteiger partial charge on any atom is -0.384 e. The lowest BCUT2D eigenvalue weighted by molar-refractivity contribution is 0.257. The molecular formula is C9H12O. The Balaban J connectivity index is 4.21. The molecule has 0 bridgehead atoms. The fourth-order valence-electron chi connectivity index (χ4n) is 0.595. The first-order valence-corrected chi connectivity index (χ1v) is 3.06. The van der Waals surface area contributed by atoms with E-state index in [1.165, 1.54) is 6.08 Å². The summed E-state index contributed by atoms with van der Waals surface area (Å²) in [6, 6.07) is 0. The summed E-state index contributed by atoms with van der Waals surface area (Å²) in [5.74, 6) is 0. The largest absolute Gasteiger partial charge is 0.384 e. The first-order valence-electron chi connectivity index (χ1n) is 3.06. The van der Waals surface area contributed by atoms with Gasteiger partial charge in [0.25, 0.3) is 0 Å². The molecule has 1 N–H and O–H groups in total. The monoisotopic (exact) mass is 136 g/mol. The van der Waals surface area contributed by atoms with E-state index in [1.54, 1.807) is 6.08 Å². The van der Waals surface area contributed by atoms with Crippen molar-refractivity contribution >= 4 is 0 Å². The highest BCUT2D eigenvalue weighted by Gasteiger charge is 2.01. The number of rotatable bonds is 4. The van der Waals surface area contributed by atoms with E-state index >= 15 is 0 Å². The molecule has 0 heterocycles. The molecule has 1 heteroatoms. The second-order valence-electron chi connectivity index (χ2n) is 1.88. The lowest BCUT2D eigenvalue weighted by Gasteiger charge is -2.04. The second kappa shape index (κ2) is 4.80. The summed E-state index contributed by atoms with van der Waals surface area (Å²) >= 11 is 0. The van der Waals surface area contributed by atoms with Crippen LogP contribution in [0, 0.1) is 0 Å². The van der Waals surface area contributed by atoms with E-state index < -0.39 is 6.10 Å². The predicted octanol–water partition coefficient (Wildman–Crippen LogP) is 1.82. The summed E-state index contributed by atoms with van der Waals surface area (Å²) in [7, 11) is 0. The van der Waals surface area contributed by atoms with Crippen molar-refractivity contribution in [1.82, 2.24) is 0 Å². The molecule has 0 aliphatic carbocycles. The van der Waals surface area contributed by atoms with Crippen LogP contribution < -0.4 is 0 Å². The van der Waals surface area contributed by atoms with Crippen LogP contribution in [0.15, 0.2) is 43.2 Å². The van der Waals surface area contributed by atoms with Crippen LogP contribution in [-0.4, -0.2) is 11.2 Å². The maximum absolute atomic E-state index is 9.14. The molecule has 0 amide bonds. The van der Waals surface area contributed by atoms with Gasteiger partial charge in [-0.25, -0.2) is 0 Å². The predicted molar refractivity (Wildman–Crippen MR) is 43.7 cm³/mol. The lowest BCUT2D eigenvalue weighted by atomic mass is 10.1. The van der Waals surface area contributed by atoms with Crippen LogP contribution in [0.4, 0.5) is 0 Å². The SMILES string of the molecule is C=C=C(CC=C)[C@@H](O)C=C. The molecule has 0 aliphatic rings. The zero-order valence-corrected chi connectivity index (χ0v) is 6.01. The number of hydrogen-bond donors (Lipinski definition) is 1. The molecule has 0 unspecified atom stereocenters. The number of allylic oxidation sites excluding steroid dienone is 1. The Hall–Kier alpha value is -1.04. The molecule has 54 valence electrons. The molecule has 10 heavy (non-hydrogen) atoms. The van der Waals surface area contributed by atoms with Crippen LogP contribution in [0.5, 0.6) is 0 Å². The third kappa shape index (κ3) is 2.49. The summed E-state index contributed by atoms with van der Waals surface area (Å²) in [4.78, 5) is 0. The van der Waals surface area contributed by atoms with Crippen LogP contribution >= 0.6 is 0 Å². The maximum atomic E-state index is 9.14. The van der Waals surface area contributed by atoms with Gasteiger partial charge in [0.1, 0.15) is 6.10 Å². The van der Waals surface area contributed by atoms with E-state index in [1.807, 2.05) is 0 Å². The summed E-state index contributed by atoms with van der Waals surface area (Å²) in [5.41, 5.74) is 3.34. The zero-order chi connectivity index (χ0) is 7.98. The highest BCUT2D eigenvalue weighted by atomic mass is 16.3. The van der Waals surface area contributed by atoms with E-state index in [0.717, 1.165) is 0 Å². The summed E-state index contributed by atoms with van der Waals surface area (Å²) < 4.78 is 0. The van der Waals surface area contributed by atoms with Crippen LogP contribution in [0.3, 0.4) is 0 Å². The fourth-order valence-corrected chi connectivity index (χ4v) is 0.595. The van der Waals surface area contributed by atoms with Crippen LogP contribution in [0.25, 0.3) is 0 Å². The smallest absolute Gasteiger partial charge is 0.101 e. The minimum absolute atomic E-state index is 0.608. The Morgan fingerprint density at radius 3 is 2.50 bits per heavy atom. The molecule has 0 fully saturated rings. The number of aliphatic hydroxyl groups is 1. The average Bonchev–Trinajstić information content (AvgIpc) is 1.99. The van der Waals surface area contributed by atoms with Gasteiger partial charge in [-0.05, 0) is 6.42 Å². The molecule has 0 aromatic carbocycles. The van der Waals surface area contributed by atoms with Gasteiger partial charge in [0, 0.05) is 5.57 Å². The molecule has 0 aromatic heterocycles. The van der Waals surface area contributed by atoms with E-state index in [2.05, 4.69) is 25.5 Å². The Kier molecular flexibility index (Phi) is 4.30. The molecular weight excluding hydrogens is 124 g/mol. The van der Waals surface area contributed by atoms with Crippen molar-refractivity contribution in [2.24, 2.45) is 0 Å². The van der Waals surface area contributed by atoms with Crippen molar-refractivity contribution in [3.8, 4) is 0 Å². The molecule has 0 radical (unpaired) electrons.